The van der Waals surface area contributed by atoms with Crippen molar-refractivity contribution in [2.45, 2.75) is 32.6 Å². The van der Waals surface area contributed by atoms with E-state index in [1.807, 2.05) is 48.0 Å². The van der Waals surface area contributed by atoms with Crippen molar-refractivity contribution in [2.24, 2.45) is 5.41 Å². The van der Waals surface area contributed by atoms with Gasteiger partial charge in [0.25, 0.3) is 0 Å². The van der Waals surface area contributed by atoms with Crippen LogP contribution < -0.4 is 5.32 Å². The maximum Gasteiger partial charge on any atom is 0.239 e. The monoisotopic (exact) mass is 395 g/mol. The first-order valence-corrected chi connectivity index (χ1v) is 9.63. The average Bonchev–Trinajstić information content (AvgIpc) is 3.34. The second-order valence-electron chi connectivity index (χ2n) is 7.68. The number of hydrogen-bond acceptors (Lipinski definition) is 4. The fraction of sp³-hybridized carbons (Fsp3) is 0.318. The van der Waals surface area contributed by atoms with Gasteiger partial charge in [0.2, 0.25) is 6.43 Å². The van der Waals surface area contributed by atoms with Gasteiger partial charge in [-0.3, -0.25) is 4.98 Å². The zero-order valence-corrected chi connectivity index (χ0v) is 16.2. The molecule has 29 heavy (non-hydrogen) atoms. The molecule has 0 atom stereocenters. The Morgan fingerprint density at radius 3 is 2.93 bits per heavy atom. The number of imidazole rings is 1. The Balaban J connectivity index is 1.60. The molecule has 3 aromatic rings. The highest BCUT2D eigenvalue weighted by Gasteiger charge is 2.44. The minimum Gasteiger partial charge on any atom is -0.390 e. The van der Waals surface area contributed by atoms with Crippen LogP contribution in [-0.4, -0.2) is 33.6 Å². The molecular weight excluding hydrogens is 372 g/mol. The van der Waals surface area contributed by atoms with Crippen molar-refractivity contribution in [1.82, 2.24) is 19.7 Å². The largest absolute Gasteiger partial charge is 0.390 e. The summed E-state index contributed by atoms with van der Waals surface area (Å²) in [5.41, 5.74) is 4.58. The molecular formula is C22H23F2N5. The smallest absolute Gasteiger partial charge is 0.239 e. The molecule has 1 aliphatic rings. The minimum absolute atomic E-state index is 0.0738. The zero-order valence-electron chi connectivity index (χ0n) is 16.2. The van der Waals surface area contributed by atoms with E-state index < -0.39 is 6.43 Å². The van der Waals surface area contributed by atoms with Crippen LogP contribution in [-0.2, 0) is 0 Å². The summed E-state index contributed by atoms with van der Waals surface area (Å²) in [5, 5.41) is 11.0. The lowest BCUT2D eigenvalue weighted by molar-refractivity contribution is 0.109. The van der Waals surface area contributed by atoms with Crippen molar-refractivity contribution in [3.63, 3.8) is 0 Å². The van der Waals surface area contributed by atoms with Crippen LogP contribution in [0.15, 0.2) is 49.1 Å². The molecule has 4 rings (SSSR count). The lowest BCUT2D eigenvalue weighted by atomic mass is 10.0. The highest BCUT2D eigenvalue weighted by molar-refractivity contribution is 6.10. The molecule has 3 aromatic heterocycles. The molecule has 7 heteroatoms. The molecule has 3 heterocycles. The molecule has 150 valence electrons. The first kappa shape index (κ1) is 19.2. The van der Waals surface area contributed by atoms with Crippen LogP contribution in [0.25, 0.3) is 22.5 Å². The molecule has 0 radical (unpaired) electrons. The highest BCUT2D eigenvalue weighted by atomic mass is 19.3. The van der Waals surface area contributed by atoms with E-state index in [2.05, 4.69) is 15.3 Å². The summed E-state index contributed by atoms with van der Waals surface area (Å²) in [4.78, 5) is 9.04. The van der Waals surface area contributed by atoms with E-state index >= 15 is 0 Å². The summed E-state index contributed by atoms with van der Waals surface area (Å²) in [7, 11) is 0. The maximum absolute atomic E-state index is 12.7. The number of aromatic nitrogens is 3. The van der Waals surface area contributed by atoms with Crippen LogP contribution in [0, 0.1) is 17.7 Å². The second-order valence-corrected chi connectivity index (χ2v) is 7.68. The topological polar surface area (TPSA) is 66.1 Å². The van der Waals surface area contributed by atoms with Gasteiger partial charge >= 0.3 is 0 Å². The molecule has 1 saturated carbocycles. The molecule has 0 amide bonds. The van der Waals surface area contributed by atoms with Crippen LogP contribution in [0.4, 0.5) is 8.78 Å². The number of nitrogens with zero attached hydrogens (tertiary/aromatic N) is 3. The summed E-state index contributed by atoms with van der Waals surface area (Å²) >= 11 is 0. The molecule has 0 aliphatic heterocycles. The first-order valence-electron chi connectivity index (χ1n) is 9.63. The van der Waals surface area contributed by atoms with Crippen molar-refractivity contribution in [1.29, 1.82) is 5.41 Å². The van der Waals surface area contributed by atoms with Crippen molar-refractivity contribution in [3.05, 3.63) is 60.3 Å². The highest BCUT2D eigenvalue weighted by Crippen LogP contribution is 2.49. The SMILES string of the molecule is Cc1cn2ccc(-c3ncccc3/C(C=N)=C/NCC3(CC(F)F)CC3)cc2n1. The number of hydrogen-bond donors (Lipinski definition) is 2. The Bertz CT molecular complexity index is 1070. The fourth-order valence-corrected chi connectivity index (χ4v) is 3.66. The number of halogens is 2. The average molecular weight is 395 g/mol. The molecule has 0 saturated heterocycles. The van der Waals surface area contributed by atoms with E-state index in [9.17, 15) is 8.78 Å². The second kappa shape index (κ2) is 7.73. The predicted molar refractivity (Wildman–Crippen MR) is 110 cm³/mol. The van der Waals surface area contributed by atoms with Gasteiger partial charge in [0.05, 0.1) is 11.4 Å². The Kier molecular flexibility index (Phi) is 5.13. The van der Waals surface area contributed by atoms with Gasteiger partial charge in [0, 0.05) is 60.7 Å². The number of nitrogens with one attached hydrogen (secondary N) is 2. The predicted octanol–water partition coefficient (Wildman–Crippen LogP) is 4.72. The van der Waals surface area contributed by atoms with Gasteiger partial charge in [-0.1, -0.05) is 6.07 Å². The maximum atomic E-state index is 12.7. The van der Waals surface area contributed by atoms with E-state index in [1.165, 1.54) is 6.21 Å². The Hall–Kier alpha value is -3.09. The van der Waals surface area contributed by atoms with Crippen molar-refractivity contribution < 1.29 is 8.78 Å². The van der Waals surface area contributed by atoms with E-state index in [1.54, 1.807) is 12.4 Å². The third kappa shape index (κ3) is 4.18. The van der Waals surface area contributed by atoms with Gasteiger partial charge in [-0.05, 0) is 43.4 Å². The molecule has 0 bridgehead atoms. The fourth-order valence-electron chi connectivity index (χ4n) is 3.66. The first-order chi connectivity index (χ1) is 14.0. The quantitative estimate of drug-likeness (QED) is 0.543. The lowest BCUT2D eigenvalue weighted by Gasteiger charge is -2.15. The Labute approximate surface area is 168 Å². The summed E-state index contributed by atoms with van der Waals surface area (Å²) < 4.78 is 27.4. The van der Waals surface area contributed by atoms with Crippen LogP contribution in [0.2, 0.25) is 0 Å². The van der Waals surface area contributed by atoms with Crippen LogP contribution in [0.5, 0.6) is 0 Å². The molecule has 2 N–H and O–H groups in total. The lowest BCUT2D eigenvalue weighted by Crippen LogP contribution is -2.22. The number of aryl methyl sites for hydroxylation is 1. The normalized spacial score (nSPS) is 15.7. The third-order valence-electron chi connectivity index (χ3n) is 5.41. The van der Waals surface area contributed by atoms with Gasteiger partial charge in [0.1, 0.15) is 5.65 Å². The van der Waals surface area contributed by atoms with E-state index in [0.717, 1.165) is 41.0 Å². The van der Waals surface area contributed by atoms with Crippen LogP contribution >= 0.6 is 0 Å². The number of pyridine rings is 2. The Morgan fingerprint density at radius 2 is 2.21 bits per heavy atom. The van der Waals surface area contributed by atoms with E-state index in [4.69, 9.17) is 5.41 Å². The number of rotatable bonds is 8. The van der Waals surface area contributed by atoms with Crippen molar-refractivity contribution in [3.8, 4) is 11.3 Å². The summed E-state index contributed by atoms with van der Waals surface area (Å²) in [5.74, 6) is 0. The Morgan fingerprint density at radius 1 is 1.38 bits per heavy atom. The molecule has 0 aromatic carbocycles. The van der Waals surface area contributed by atoms with Crippen LogP contribution in [0.3, 0.4) is 0 Å². The standard InChI is InChI=1S/C22H23F2N5/c1-15-13-29-8-4-16(9-20(29)28-15)21-18(3-2-7-27-21)17(11-25)12-26-14-22(5-6-22)10-19(23)24/h2-4,7-9,11-13,19,25-26H,5-6,10,14H2,1H3/b17-12+,25-11?. The molecule has 5 nitrogen and oxygen atoms in total. The van der Waals surface area contributed by atoms with Gasteiger partial charge in [-0.2, -0.15) is 0 Å². The summed E-state index contributed by atoms with van der Waals surface area (Å²) in [6.07, 6.45) is 7.90. The van der Waals surface area contributed by atoms with E-state index in [0.29, 0.717) is 12.1 Å². The van der Waals surface area contributed by atoms with E-state index in [-0.39, 0.29) is 11.8 Å². The number of fused-ring (bicyclic) bond motifs is 1. The van der Waals surface area contributed by atoms with Gasteiger partial charge in [0.15, 0.2) is 0 Å². The van der Waals surface area contributed by atoms with Crippen molar-refractivity contribution >= 4 is 17.4 Å². The van der Waals surface area contributed by atoms with Crippen LogP contribution in [0.1, 0.15) is 30.5 Å². The summed E-state index contributed by atoms with van der Waals surface area (Å²) in [6.45, 7) is 2.44. The van der Waals surface area contributed by atoms with Gasteiger partial charge in [-0.25, -0.2) is 13.8 Å². The molecule has 1 aliphatic carbocycles. The zero-order chi connectivity index (χ0) is 20.4. The molecule has 0 unspecified atom stereocenters. The number of alkyl halides is 2. The van der Waals surface area contributed by atoms with Gasteiger partial charge in [-0.15, -0.1) is 0 Å². The number of allylic oxidation sites excluding steroid dienone is 1. The van der Waals surface area contributed by atoms with Crippen molar-refractivity contribution in [2.75, 3.05) is 6.54 Å². The minimum atomic E-state index is -2.28. The van der Waals surface area contributed by atoms with Gasteiger partial charge < -0.3 is 15.1 Å². The molecule has 1 fully saturated rings. The summed E-state index contributed by atoms with van der Waals surface area (Å²) in [6, 6.07) is 7.67. The molecule has 0 spiro atoms. The third-order valence-corrected chi connectivity index (χ3v) is 5.41.